The second-order valence-electron chi connectivity index (χ2n) is 6.02. The van der Waals surface area contributed by atoms with E-state index in [9.17, 15) is 0 Å². The highest BCUT2D eigenvalue weighted by atomic mass is 15.3. The van der Waals surface area contributed by atoms with E-state index in [0.717, 1.165) is 24.8 Å². The molecular formula is C15H24N4. The molecule has 0 saturated carbocycles. The fourth-order valence-corrected chi connectivity index (χ4v) is 3.40. The van der Waals surface area contributed by atoms with Gasteiger partial charge >= 0.3 is 0 Å². The first-order chi connectivity index (χ1) is 9.15. The maximum atomic E-state index is 5.85. The molecular weight excluding hydrogens is 236 g/mol. The fourth-order valence-electron chi connectivity index (χ4n) is 3.40. The van der Waals surface area contributed by atoms with Gasteiger partial charge in [0.2, 0.25) is 0 Å². The monoisotopic (exact) mass is 260 g/mol. The minimum atomic E-state index is 0.0142. The molecule has 3 heterocycles. The first kappa shape index (κ1) is 12.9. The number of rotatable bonds is 2. The van der Waals surface area contributed by atoms with Crippen molar-refractivity contribution in [2.24, 2.45) is 5.73 Å². The summed E-state index contributed by atoms with van der Waals surface area (Å²) in [6.07, 6.45) is 5.96. The summed E-state index contributed by atoms with van der Waals surface area (Å²) in [6, 6.07) is 5.74. The molecule has 2 fully saturated rings. The summed E-state index contributed by atoms with van der Waals surface area (Å²) in [6.45, 7) is 4.25. The second kappa shape index (κ2) is 5.10. The average molecular weight is 260 g/mol. The average Bonchev–Trinajstić information content (AvgIpc) is 2.63. The molecule has 2 aliphatic heterocycles. The van der Waals surface area contributed by atoms with Gasteiger partial charge in [-0.15, -0.1) is 0 Å². The molecule has 0 spiro atoms. The standard InChI is InChI=1S/C15H24N4/c1-11(16)15-6-5-13(9-17-15)19-8-7-12-3-4-14(10-19)18(12)2/h5-6,9,11-12,14H,3-4,7-8,10,16H2,1-2H3. The van der Waals surface area contributed by atoms with Crippen LogP contribution >= 0.6 is 0 Å². The Bertz CT molecular complexity index is 428. The Labute approximate surface area is 115 Å². The number of pyridine rings is 1. The Balaban J connectivity index is 1.75. The van der Waals surface area contributed by atoms with Gasteiger partial charge < -0.3 is 10.6 Å². The maximum absolute atomic E-state index is 5.85. The van der Waals surface area contributed by atoms with Gasteiger partial charge in [-0.25, -0.2) is 0 Å². The lowest BCUT2D eigenvalue weighted by molar-refractivity contribution is 0.254. The summed E-state index contributed by atoms with van der Waals surface area (Å²) in [5.41, 5.74) is 8.06. The molecule has 0 aliphatic carbocycles. The highest BCUT2D eigenvalue weighted by molar-refractivity contribution is 5.45. The Kier molecular flexibility index (Phi) is 3.46. The molecule has 1 aromatic heterocycles. The van der Waals surface area contributed by atoms with E-state index in [-0.39, 0.29) is 6.04 Å². The van der Waals surface area contributed by atoms with Gasteiger partial charge in [-0.05, 0) is 45.4 Å². The zero-order valence-electron chi connectivity index (χ0n) is 11.9. The summed E-state index contributed by atoms with van der Waals surface area (Å²) in [4.78, 5) is 9.54. The largest absolute Gasteiger partial charge is 0.369 e. The molecule has 104 valence electrons. The van der Waals surface area contributed by atoms with Gasteiger partial charge in [0.25, 0.3) is 0 Å². The SMILES string of the molecule is CC(N)c1ccc(N2CCC3CCC(C2)N3C)cn1. The maximum Gasteiger partial charge on any atom is 0.0569 e. The number of hydrogen-bond donors (Lipinski definition) is 1. The summed E-state index contributed by atoms with van der Waals surface area (Å²) < 4.78 is 0. The second-order valence-corrected chi connectivity index (χ2v) is 6.02. The minimum absolute atomic E-state index is 0.0142. The third-order valence-electron chi connectivity index (χ3n) is 4.75. The van der Waals surface area contributed by atoms with Gasteiger partial charge in [0.15, 0.2) is 0 Å². The number of nitrogens with zero attached hydrogens (tertiary/aromatic N) is 3. The fraction of sp³-hybridized carbons (Fsp3) is 0.667. The van der Waals surface area contributed by atoms with Crippen LogP contribution in [0.3, 0.4) is 0 Å². The van der Waals surface area contributed by atoms with Crippen molar-refractivity contribution in [3.8, 4) is 0 Å². The predicted octanol–water partition coefficient (Wildman–Crippen LogP) is 1.77. The number of hydrogen-bond acceptors (Lipinski definition) is 4. The number of likely N-dealkylation sites (N-methyl/N-ethyl adjacent to an activating group) is 1. The van der Waals surface area contributed by atoms with Gasteiger partial charge in [-0.2, -0.15) is 0 Å². The van der Waals surface area contributed by atoms with E-state index in [1.54, 1.807) is 0 Å². The summed E-state index contributed by atoms with van der Waals surface area (Å²) in [5, 5.41) is 0. The van der Waals surface area contributed by atoms with Crippen LogP contribution in [-0.2, 0) is 0 Å². The molecule has 3 atom stereocenters. The van der Waals surface area contributed by atoms with Crippen LogP contribution in [0.1, 0.15) is 37.9 Å². The Hall–Kier alpha value is -1.13. The van der Waals surface area contributed by atoms with Crippen molar-refractivity contribution in [2.45, 2.75) is 44.3 Å². The smallest absolute Gasteiger partial charge is 0.0569 e. The molecule has 3 rings (SSSR count). The van der Waals surface area contributed by atoms with Gasteiger partial charge in [-0.1, -0.05) is 0 Å². The van der Waals surface area contributed by atoms with Crippen LogP contribution in [0.5, 0.6) is 0 Å². The molecule has 2 bridgehead atoms. The molecule has 2 aliphatic rings. The van der Waals surface area contributed by atoms with Crippen LogP contribution in [-0.4, -0.2) is 42.1 Å². The number of anilines is 1. The van der Waals surface area contributed by atoms with E-state index in [2.05, 4.69) is 34.0 Å². The first-order valence-electron chi connectivity index (χ1n) is 7.33. The van der Waals surface area contributed by atoms with Crippen molar-refractivity contribution in [2.75, 3.05) is 25.0 Å². The molecule has 0 radical (unpaired) electrons. The molecule has 0 aromatic carbocycles. The first-order valence-corrected chi connectivity index (χ1v) is 7.33. The third-order valence-corrected chi connectivity index (χ3v) is 4.75. The van der Waals surface area contributed by atoms with Gasteiger partial charge in [0, 0.05) is 31.2 Å². The van der Waals surface area contributed by atoms with Crippen molar-refractivity contribution in [3.05, 3.63) is 24.0 Å². The van der Waals surface area contributed by atoms with Crippen LogP contribution < -0.4 is 10.6 Å². The lowest BCUT2D eigenvalue weighted by Gasteiger charge is -2.27. The third kappa shape index (κ3) is 2.47. The van der Waals surface area contributed by atoms with Gasteiger partial charge in [0.1, 0.15) is 0 Å². The Morgan fingerprint density at radius 3 is 2.74 bits per heavy atom. The Morgan fingerprint density at radius 1 is 1.26 bits per heavy atom. The van der Waals surface area contributed by atoms with Crippen molar-refractivity contribution in [1.82, 2.24) is 9.88 Å². The summed E-state index contributed by atoms with van der Waals surface area (Å²) >= 11 is 0. The van der Waals surface area contributed by atoms with Crippen LogP contribution in [0.15, 0.2) is 18.3 Å². The molecule has 3 unspecified atom stereocenters. The molecule has 19 heavy (non-hydrogen) atoms. The molecule has 0 amide bonds. The minimum Gasteiger partial charge on any atom is -0.369 e. The van der Waals surface area contributed by atoms with Crippen molar-refractivity contribution in [3.63, 3.8) is 0 Å². The Morgan fingerprint density at radius 2 is 2.05 bits per heavy atom. The van der Waals surface area contributed by atoms with Gasteiger partial charge in [0.05, 0.1) is 17.6 Å². The van der Waals surface area contributed by atoms with E-state index in [1.165, 1.54) is 24.9 Å². The van der Waals surface area contributed by atoms with Crippen molar-refractivity contribution in [1.29, 1.82) is 0 Å². The predicted molar refractivity (Wildman–Crippen MR) is 78.2 cm³/mol. The highest BCUT2D eigenvalue weighted by Crippen LogP contribution is 2.30. The molecule has 4 heteroatoms. The van der Waals surface area contributed by atoms with Crippen LogP contribution in [0.25, 0.3) is 0 Å². The zero-order chi connectivity index (χ0) is 13.4. The lowest BCUT2D eigenvalue weighted by atomic mass is 10.1. The number of nitrogens with two attached hydrogens (primary N) is 1. The summed E-state index contributed by atoms with van der Waals surface area (Å²) in [7, 11) is 2.28. The topological polar surface area (TPSA) is 45.4 Å². The van der Waals surface area contributed by atoms with E-state index in [4.69, 9.17) is 5.73 Å². The lowest BCUT2D eigenvalue weighted by Crippen LogP contribution is -2.36. The van der Waals surface area contributed by atoms with E-state index < -0.39 is 0 Å². The molecule has 4 nitrogen and oxygen atoms in total. The highest BCUT2D eigenvalue weighted by Gasteiger charge is 2.34. The van der Waals surface area contributed by atoms with E-state index in [0.29, 0.717) is 6.04 Å². The van der Waals surface area contributed by atoms with Crippen molar-refractivity contribution >= 4 is 5.69 Å². The summed E-state index contributed by atoms with van der Waals surface area (Å²) in [5.74, 6) is 0. The zero-order valence-corrected chi connectivity index (χ0v) is 11.9. The normalized spacial score (nSPS) is 29.3. The molecule has 1 aromatic rings. The number of fused-ring (bicyclic) bond motifs is 2. The van der Waals surface area contributed by atoms with E-state index in [1.807, 2.05) is 13.1 Å². The molecule has 2 saturated heterocycles. The quantitative estimate of drug-likeness (QED) is 0.880. The van der Waals surface area contributed by atoms with Crippen molar-refractivity contribution < 1.29 is 0 Å². The number of aromatic nitrogens is 1. The van der Waals surface area contributed by atoms with Crippen LogP contribution in [0.2, 0.25) is 0 Å². The van der Waals surface area contributed by atoms with E-state index >= 15 is 0 Å². The van der Waals surface area contributed by atoms with Crippen LogP contribution in [0, 0.1) is 0 Å². The molecule has 2 N–H and O–H groups in total. The van der Waals surface area contributed by atoms with Gasteiger partial charge in [-0.3, -0.25) is 9.88 Å². The van der Waals surface area contributed by atoms with Crippen LogP contribution in [0.4, 0.5) is 5.69 Å².